The highest BCUT2D eigenvalue weighted by molar-refractivity contribution is 6.10. The van der Waals surface area contributed by atoms with E-state index in [1.807, 2.05) is 12.1 Å². The van der Waals surface area contributed by atoms with E-state index in [0.29, 0.717) is 18.8 Å². The maximum absolute atomic E-state index is 11.3. The second kappa shape index (κ2) is 6.27. The zero-order chi connectivity index (χ0) is 18.3. The number of nitrogens with one attached hydrogen (secondary N) is 1. The van der Waals surface area contributed by atoms with Crippen molar-refractivity contribution in [1.29, 1.82) is 5.41 Å². The van der Waals surface area contributed by atoms with Gasteiger partial charge in [0.2, 0.25) is 0 Å². The Bertz CT molecular complexity index is 868. The molecule has 134 valence electrons. The smallest absolute Gasteiger partial charge is 0.407 e. The normalized spacial score (nSPS) is 23.1. The van der Waals surface area contributed by atoms with Crippen molar-refractivity contribution in [3.63, 3.8) is 0 Å². The lowest BCUT2D eigenvalue weighted by molar-refractivity contribution is 0.114. The van der Waals surface area contributed by atoms with Crippen molar-refractivity contribution in [2.75, 3.05) is 13.1 Å². The van der Waals surface area contributed by atoms with Crippen LogP contribution in [0.1, 0.15) is 35.1 Å². The van der Waals surface area contributed by atoms with Crippen LogP contribution < -0.4 is 0 Å². The zero-order valence-electron chi connectivity index (χ0n) is 15.0. The van der Waals surface area contributed by atoms with E-state index in [1.165, 1.54) is 21.6 Å². The second-order valence-electron chi connectivity index (χ2n) is 7.59. The largest absolute Gasteiger partial charge is 0.465 e. The maximum atomic E-state index is 11.3. The summed E-state index contributed by atoms with van der Waals surface area (Å²) in [5.41, 5.74) is 5.04. The van der Waals surface area contributed by atoms with Crippen LogP contribution in [-0.2, 0) is 11.8 Å². The predicted octanol–water partition coefficient (Wildman–Crippen LogP) is 4.25. The van der Waals surface area contributed by atoms with Crippen molar-refractivity contribution in [2.45, 2.75) is 31.6 Å². The molecule has 0 aromatic heterocycles. The van der Waals surface area contributed by atoms with E-state index in [-0.39, 0.29) is 11.3 Å². The van der Waals surface area contributed by atoms with E-state index < -0.39 is 6.09 Å². The highest BCUT2D eigenvalue weighted by Gasteiger charge is 2.50. The average molecular weight is 348 g/mol. The summed E-state index contributed by atoms with van der Waals surface area (Å²) in [5, 5.41) is 18.4. The molecule has 0 bridgehead atoms. The predicted molar refractivity (Wildman–Crippen MR) is 102 cm³/mol. The van der Waals surface area contributed by atoms with E-state index in [0.717, 1.165) is 24.8 Å². The Morgan fingerprint density at radius 3 is 2.54 bits per heavy atom. The van der Waals surface area contributed by atoms with Crippen molar-refractivity contribution in [3.8, 4) is 0 Å². The van der Waals surface area contributed by atoms with Gasteiger partial charge < -0.3 is 15.4 Å². The summed E-state index contributed by atoms with van der Waals surface area (Å²) >= 11 is 0. The van der Waals surface area contributed by atoms with Crippen LogP contribution in [0.15, 0.2) is 48.5 Å². The van der Waals surface area contributed by atoms with Crippen LogP contribution in [0.25, 0.3) is 0 Å². The lowest BCUT2D eigenvalue weighted by Crippen LogP contribution is -2.48. The molecule has 0 saturated carbocycles. The minimum absolute atomic E-state index is 0.278. The van der Waals surface area contributed by atoms with Crippen LogP contribution in [0.2, 0.25) is 0 Å². The molecule has 2 aliphatic rings. The molecule has 1 unspecified atom stereocenters. The fourth-order valence-electron chi connectivity index (χ4n) is 4.86. The topological polar surface area (TPSA) is 64.4 Å². The lowest BCUT2D eigenvalue weighted by Gasteiger charge is -2.43. The second-order valence-corrected chi connectivity index (χ2v) is 7.59. The van der Waals surface area contributed by atoms with Gasteiger partial charge in [-0.25, -0.2) is 4.79 Å². The van der Waals surface area contributed by atoms with Gasteiger partial charge in [-0.2, -0.15) is 0 Å². The molecule has 0 radical (unpaired) electrons. The molecule has 2 aromatic rings. The van der Waals surface area contributed by atoms with Crippen LogP contribution in [0, 0.1) is 18.3 Å². The molecule has 0 spiro atoms. The molecule has 1 amide bonds. The zero-order valence-corrected chi connectivity index (χ0v) is 15.0. The van der Waals surface area contributed by atoms with Crippen LogP contribution >= 0.6 is 0 Å². The third kappa shape index (κ3) is 2.52. The number of rotatable bonds is 2. The van der Waals surface area contributed by atoms with Crippen molar-refractivity contribution in [3.05, 3.63) is 70.8 Å². The molecule has 4 nitrogen and oxygen atoms in total. The molecule has 4 heteroatoms. The fraction of sp³-hybridized carbons (Fsp3) is 0.364. The number of nitrogens with zero attached hydrogens (tertiary/aromatic N) is 1. The molecule has 1 fully saturated rings. The first-order chi connectivity index (χ1) is 12.5. The number of carboxylic acid groups (broad SMARTS) is 1. The van der Waals surface area contributed by atoms with E-state index in [4.69, 9.17) is 5.41 Å². The summed E-state index contributed by atoms with van der Waals surface area (Å²) in [5.74, 6) is 0.278. The molecule has 1 aliphatic heterocycles. The summed E-state index contributed by atoms with van der Waals surface area (Å²) in [6.07, 6.45) is 1.61. The Morgan fingerprint density at radius 1 is 1.15 bits per heavy atom. The Morgan fingerprint density at radius 2 is 1.88 bits per heavy atom. The molecule has 2 N–H and O–H groups in total. The number of carbonyl (C=O) groups is 1. The number of aryl methyl sites for hydroxylation is 1. The average Bonchev–Trinajstić information content (AvgIpc) is 2.96. The molecule has 1 aliphatic carbocycles. The number of hydrogen-bond donors (Lipinski definition) is 2. The molecule has 4 rings (SSSR count). The summed E-state index contributed by atoms with van der Waals surface area (Å²) in [6.45, 7) is 3.20. The van der Waals surface area contributed by atoms with Crippen LogP contribution in [-0.4, -0.2) is 34.9 Å². The lowest BCUT2D eigenvalue weighted by atomic mass is 9.63. The van der Waals surface area contributed by atoms with E-state index >= 15 is 0 Å². The van der Waals surface area contributed by atoms with Gasteiger partial charge in [0, 0.05) is 18.5 Å². The standard InChI is InChI=1S/C22H24N2O2/c1-15-5-4-7-18(13-15)22(17-9-11-24(12-10-17)21(25)26)14-16-6-2-3-8-19(16)20(22)23/h2-8,13,17,23H,9-12,14H2,1H3,(H,25,26). The SMILES string of the molecule is Cc1cccc(C2(C3CCN(C(=O)O)CC3)Cc3ccccc3C2=N)c1. The first kappa shape index (κ1) is 16.8. The third-order valence-electron chi connectivity index (χ3n) is 6.20. The number of hydrogen-bond acceptors (Lipinski definition) is 2. The highest BCUT2D eigenvalue weighted by Crippen LogP contribution is 2.48. The maximum Gasteiger partial charge on any atom is 0.407 e. The van der Waals surface area contributed by atoms with Crippen molar-refractivity contribution in [2.24, 2.45) is 5.92 Å². The molecule has 1 heterocycles. The summed E-state index contributed by atoms with van der Waals surface area (Å²) in [7, 11) is 0. The van der Waals surface area contributed by atoms with Gasteiger partial charge in [-0.05, 0) is 48.8 Å². The van der Waals surface area contributed by atoms with Crippen molar-refractivity contribution >= 4 is 11.8 Å². The summed E-state index contributed by atoms with van der Waals surface area (Å²) < 4.78 is 0. The van der Waals surface area contributed by atoms with E-state index in [2.05, 4.69) is 43.3 Å². The summed E-state index contributed by atoms with van der Waals surface area (Å²) in [4.78, 5) is 12.8. The minimum atomic E-state index is -0.835. The third-order valence-corrected chi connectivity index (χ3v) is 6.20. The van der Waals surface area contributed by atoms with E-state index in [1.54, 1.807) is 0 Å². The minimum Gasteiger partial charge on any atom is -0.465 e. The number of piperidine rings is 1. The fourth-order valence-corrected chi connectivity index (χ4v) is 4.86. The van der Waals surface area contributed by atoms with Gasteiger partial charge in [0.15, 0.2) is 0 Å². The van der Waals surface area contributed by atoms with Crippen molar-refractivity contribution < 1.29 is 9.90 Å². The van der Waals surface area contributed by atoms with E-state index in [9.17, 15) is 9.90 Å². The Hall–Kier alpha value is -2.62. The monoisotopic (exact) mass is 348 g/mol. The molecular formula is C22H24N2O2. The number of amides is 1. The number of fused-ring (bicyclic) bond motifs is 1. The molecule has 1 atom stereocenters. The molecule has 26 heavy (non-hydrogen) atoms. The first-order valence-corrected chi connectivity index (χ1v) is 9.24. The molecule has 2 aromatic carbocycles. The Balaban J connectivity index is 1.78. The number of benzene rings is 2. The Labute approximate surface area is 154 Å². The van der Waals surface area contributed by atoms with Gasteiger partial charge in [0.25, 0.3) is 0 Å². The highest BCUT2D eigenvalue weighted by atomic mass is 16.4. The van der Waals surface area contributed by atoms with Gasteiger partial charge in [0.05, 0.1) is 5.71 Å². The first-order valence-electron chi connectivity index (χ1n) is 9.24. The van der Waals surface area contributed by atoms with Gasteiger partial charge in [-0.1, -0.05) is 54.1 Å². The van der Waals surface area contributed by atoms with Crippen LogP contribution in [0.4, 0.5) is 4.79 Å². The van der Waals surface area contributed by atoms with Gasteiger partial charge in [0.1, 0.15) is 0 Å². The van der Waals surface area contributed by atoms with Gasteiger partial charge in [-0.3, -0.25) is 0 Å². The van der Waals surface area contributed by atoms with Crippen molar-refractivity contribution in [1.82, 2.24) is 4.90 Å². The quantitative estimate of drug-likeness (QED) is 0.852. The van der Waals surface area contributed by atoms with Gasteiger partial charge in [-0.15, -0.1) is 0 Å². The van der Waals surface area contributed by atoms with Gasteiger partial charge >= 0.3 is 6.09 Å². The molecular weight excluding hydrogens is 324 g/mol. The number of likely N-dealkylation sites (tertiary alicyclic amines) is 1. The van der Waals surface area contributed by atoms with Crippen LogP contribution in [0.3, 0.4) is 0 Å². The summed E-state index contributed by atoms with van der Waals surface area (Å²) in [6, 6.07) is 16.8. The molecule has 1 saturated heterocycles. The van der Waals surface area contributed by atoms with Crippen LogP contribution in [0.5, 0.6) is 0 Å². The Kier molecular flexibility index (Phi) is 4.06.